The highest BCUT2D eigenvalue weighted by molar-refractivity contribution is 6.49. The van der Waals surface area contributed by atoms with E-state index in [4.69, 9.17) is 69.6 Å². The van der Waals surface area contributed by atoms with Crippen molar-refractivity contribution in [3.05, 3.63) is 72.7 Å². The molecule has 0 fully saturated rings. The minimum atomic E-state index is 0.300. The summed E-state index contributed by atoms with van der Waals surface area (Å²) in [5.74, 6) is 0. The molecular formula is C17H7Cl6N. The van der Waals surface area contributed by atoms with Gasteiger partial charge in [-0.15, -0.1) is 0 Å². The van der Waals surface area contributed by atoms with Crippen LogP contribution in [-0.4, -0.2) is 4.98 Å². The van der Waals surface area contributed by atoms with Crippen LogP contribution in [0.2, 0.25) is 30.1 Å². The Bertz CT molecular complexity index is 845. The SMILES string of the molecule is Clc1ccc(-c2ccc(-c3ccc(Cl)c(Cl)c3Cl)nc2)c(Cl)c1Cl. The van der Waals surface area contributed by atoms with Gasteiger partial charge >= 0.3 is 0 Å². The number of hydrogen-bond donors (Lipinski definition) is 0. The minimum Gasteiger partial charge on any atom is -0.256 e. The van der Waals surface area contributed by atoms with Crippen molar-refractivity contribution in [3.63, 3.8) is 0 Å². The summed E-state index contributed by atoms with van der Waals surface area (Å²) in [7, 11) is 0. The zero-order chi connectivity index (χ0) is 17.4. The summed E-state index contributed by atoms with van der Waals surface area (Å²) in [5, 5.41) is 2.15. The summed E-state index contributed by atoms with van der Waals surface area (Å²) in [6.07, 6.45) is 1.68. The molecule has 3 aromatic rings. The van der Waals surface area contributed by atoms with Crippen molar-refractivity contribution in [3.8, 4) is 22.4 Å². The lowest BCUT2D eigenvalue weighted by Gasteiger charge is -2.10. The molecule has 2 aromatic carbocycles. The van der Waals surface area contributed by atoms with Crippen molar-refractivity contribution < 1.29 is 0 Å². The third-order valence-electron chi connectivity index (χ3n) is 3.42. The van der Waals surface area contributed by atoms with E-state index in [0.717, 1.165) is 11.1 Å². The molecule has 0 saturated carbocycles. The number of benzene rings is 2. The van der Waals surface area contributed by atoms with Gasteiger partial charge in [0, 0.05) is 22.9 Å². The third-order valence-corrected chi connectivity index (χ3v) is 6.01. The largest absolute Gasteiger partial charge is 0.256 e. The second kappa shape index (κ2) is 7.29. The monoisotopic (exact) mass is 435 g/mol. The Hall–Kier alpha value is -0.670. The normalized spacial score (nSPS) is 10.9. The molecule has 3 rings (SSSR count). The van der Waals surface area contributed by atoms with Gasteiger partial charge in [0.15, 0.2) is 0 Å². The molecule has 0 radical (unpaired) electrons. The fourth-order valence-corrected chi connectivity index (χ4v) is 3.46. The van der Waals surface area contributed by atoms with Crippen LogP contribution in [0, 0.1) is 0 Å². The molecule has 122 valence electrons. The number of aromatic nitrogens is 1. The summed E-state index contributed by atoms with van der Waals surface area (Å²) >= 11 is 36.6. The Kier molecular flexibility index (Phi) is 5.51. The Morgan fingerprint density at radius 2 is 1.08 bits per heavy atom. The van der Waals surface area contributed by atoms with E-state index in [9.17, 15) is 0 Å². The van der Waals surface area contributed by atoms with Gasteiger partial charge in [-0.1, -0.05) is 81.7 Å². The van der Waals surface area contributed by atoms with E-state index >= 15 is 0 Å². The molecule has 0 spiro atoms. The molecular weight excluding hydrogens is 431 g/mol. The van der Waals surface area contributed by atoms with Crippen LogP contribution in [0.5, 0.6) is 0 Å². The van der Waals surface area contributed by atoms with E-state index in [1.807, 2.05) is 12.1 Å². The third kappa shape index (κ3) is 3.35. The summed E-state index contributed by atoms with van der Waals surface area (Å²) in [5.41, 5.74) is 2.90. The second-order valence-corrected chi connectivity index (χ2v) is 7.20. The van der Waals surface area contributed by atoms with Crippen molar-refractivity contribution in [2.45, 2.75) is 0 Å². The highest BCUT2D eigenvalue weighted by Crippen LogP contribution is 2.40. The number of pyridine rings is 1. The average Bonchev–Trinajstić information content (AvgIpc) is 2.58. The second-order valence-electron chi connectivity index (χ2n) is 4.88. The summed E-state index contributed by atoms with van der Waals surface area (Å²) < 4.78 is 0. The smallest absolute Gasteiger partial charge is 0.0785 e. The molecule has 0 saturated heterocycles. The van der Waals surface area contributed by atoms with Crippen LogP contribution in [0.4, 0.5) is 0 Å². The molecule has 0 aliphatic heterocycles. The molecule has 0 unspecified atom stereocenters. The Balaban J connectivity index is 2.04. The van der Waals surface area contributed by atoms with Gasteiger partial charge in [-0.05, 0) is 24.3 Å². The maximum atomic E-state index is 6.26. The predicted molar refractivity (Wildman–Crippen MR) is 105 cm³/mol. The van der Waals surface area contributed by atoms with Crippen LogP contribution in [0.1, 0.15) is 0 Å². The van der Waals surface area contributed by atoms with Crippen LogP contribution in [0.3, 0.4) is 0 Å². The maximum absolute atomic E-state index is 6.26. The number of hydrogen-bond acceptors (Lipinski definition) is 1. The van der Waals surface area contributed by atoms with Gasteiger partial charge in [0.2, 0.25) is 0 Å². The van der Waals surface area contributed by atoms with Crippen molar-refractivity contribution >= 4 is 69.6 Å². The first kappa shape index (κ1) is 18.1. The first-order valence-electron chi connectivity index (χ1n) is 6.64. The molecule has 1 heterocycles. The van der Waals surface area contributed by atoms with Crippen molar-refractivity contribution in [2.24, 2.45) is 0 Å². The van der Waals surface area contributed by atoms with Gasteiger partial charge in [-0.25, -0.2) is 0 Å². The fourth-order valence-electron chi connectivity index (χ4n) is 2.19. The molecule has 0 N–H and O–H groups in total. The van der Waals surface area contributed by atoms with Gasteiger partial charge in [0.05, 0.1) is 35.8 Å². The summed E-state index contributed by atoms with van der Waals surface area (Å²) in [6.45, 7) is 0. The standard InChI is InChI=1S/C17H7Cl6N/c18-11-4-2-9(14(20)16(11)22)8-1-6-13(24-7-8)10-3-5-12(19)17(23)15(10)21/h1-7H. The topological polar surface area (TPSA) is 12.9 Å². The molecule has 0 amide bonds. The van der Waals surface area contributed by atoms with Gasteiger partial charge in [-0.2, -0.15) is 0 Å². The first-order chi connectivity index (χ1) is 11.4. The molecule has 0 bridgehead atoms. The van der Waals surface area contributed by atoms with Crippen LogP contribution >= 0.6 is 69.6 Å². The fraction of sp³-hybridized carbons (Fsp3) is 0. The molecule has 0 aliphatic rings. The highest BCUT2D eigenvalue weighted by atomic mass is 35.5. The molecule has 24 heavy (non-hydrogen) atoms. The van der Waals surface area contributed by atoms with E-state index in [-0.39, 0.29) is 0 Å². The van der Waals surface area contributed by atoms with Crippen LogP contribution in [0.15, 0.2) is 42.6 Å². The van der Waals surface area contributed by atoms with Gasteiger partial charge in [-0.3, -0.25) is 4.98 Å². The lowest BCUT2D eigenvalue weighted by atomic mass is 10.1. The van der Waals surface area contributed by atoms with Crippen molar-refractivity contribution in [1.82, 2.24) is 4.98 Å². The van der Waals surface area contributed by atoms with E-state index in [0.29, 0.717) is 41.4 Å². The number of halogens is 6. The zero-order valence-electron chi connectivity index (χ0n) is 11.8. The molecule has 1 aromatic heterocycles. The highest BCUT2D eigenvalue weighted by Gasteiger charge is 2.13. The number of rotatable bonds is 2. The lowest BCUT2D eigenvalue weighted by Crippen LogP contribution is -1.88. The van der Waals surface area contributed by atoms with Crippen LogP contribution < -0.4 is 0 Å². The molecule has 0 aliphatic carbocycles. The van der Waals surface area contributed by atoms with Crippen molar-refractivity contribution in [2.75, 3.05) is 0 Å². The van der Waals surface area contributed by atoms with E-state index in [1.54, 1.807) is 30.5 Å². The molecule has 7 heteroatoms. The number of nitrogens with zero attached hydrogens (tertiary/aromatic N) is 1. The van der Waals surface area contributed by atoms with Crippen LogP contribution in [-0.2, 0) is 0 Å². The quantitative estimate of drug-likeness (QED) is 0.367. The lowest BCUT2D eigenvalue weighted by molar-refractivity contribution is 1.32. The Morgan fingerprint density at radius 1 is 0.542 bits per heavy atom. The summed E-state index contributed by atoms with van der Waals surface area (Å²) in [6, 6.07) is 10.6. The molecule has 1 nitrogen and oxygen atoms in total. The average molecular weight is 438 g/mol. The Labute approximate surface area is 169 Å². The van der Waals surface area contributed by atoms with Crippen LogP contribution in [0.25, 0.3) is 22.4 Å². The van der Waals surface area contributed by atoms with E-state index < -0.39 is 0 Å². The first-order valence-corrected chi connectivity index (χ1v) is 8.90. The van der Waals surface area contributed by atoms with E-state index in [1.165, 1.54) is 0 Å². The zero-order valence-corrected chi connectivity index (χ0v) is 16.3. The van der Waals surface area contributed by atoms with Gasteiger partial charge < -0.3 is 0 Å². The van der Waals surface area contributed by atoms with E-state index in [2.05, 4.69) is 4.98 Å². The van der Waals surface area contributed by atoms with Gasteiger partial charge in [0.25, 0.3) is 0 Å². The van der Waals surface area contributed by atoms with Gasteiger partial charge in [0.1, 0.15) is 0 Å². The maximum Gasteiger partial charge on any atom is 0.0785 e. The van der Waals surface area contributed by atoms with Crippen molar-refractivity contribution in [1.29, 1.82) is 0 Å². The minimum absolute atomic E-state index is 0.300. The predicted octanol–water partition coefficient (Wildman–Crippen LogP) is 8.34. The molecule has 0 atom stereocenters. The Morgan fingerprint density at radius 3 is 1.62 bits per heavy atom. The summed E-state index contributed by atoms with van der Waals surface area (Å²) in [4.78, 5) is 4.43.